The minimum Gasteiger partial charge on any atom is -0.362 e. The lowest BCUT2D eigenvalue weighted by atomic mass is 10.1. The molecule has 0 fully saturated rings. The molecule has 0 heterocycles. The van der Waals surface area contributed by atoms with Crippen molar-refractivity contribution in [3.8, 4) is 6.07 Å². The third-order valence-corrected chi connectivity index (χ3v) is 3.88. The summed E-state index contributed by atoms with van der Waals surface area (Å²) in [7, 11) is 0. The smallest absolute Gasteiger partial charge is 0.143 e. The van der Waals surface area contributed by atoms with Gasteiger partial charge in [0.1, 0.15) is 17.4 Å². The van der Waals surface area contributed by atoms with Crippen LogP contribution in [0.25, 0.3) is 0 Å². The van der Waals surface area contributed by atoms with Crippen molar-refractivity contribution < 1.29 is 4.39 Å². The minimum absolute atomic E-state index is 0.0874. The Bertz CT molecular complexity index is 797. The highest BCUT2D eigenvalue weighted by atomic mass is 19.1. The second-order valence-corrected chi connectivity index (χ2v) is 5.57. The van der Waals surface area contributed by atoms with E-state index >= 15 is 0 Å². The average Bonchev–Trinajstić information content (AvgIpc) is 2.63. The molecule has 0 aliphatic rings. The van der Waals surface area contributed by atoms with E-state index in [2.05, 4.69) is 0 Å². The highest BCUT2D eigenvalue weighted by molar-refractivity contribution is 5.60. The average molecular weight is 316 g/mol. The molecule has 3 rings (SSSR count). The summed E-state index contributed by atoms with van der Waals surface area (Å²) in [5, 5.41) is 9.36. The van der Waals surface area contributed by atoms with E-state index in [1.165, 1.54) is 6.07 Å². The van der Waals surface area contributed by atoms with Gasteiger partial charge in [0, 0.05) is 13.1 Å². The number of hydrogen-bond acceptors (Lipinski definition) is 2. The van der Waals surface area contributed by atoms with Gasteiger partial charge in [-0.2, -0.15) is 5.26 Å². The Morgan fingerprint density at radius 1 is 0.750 bits per heavy atom. The third kappa shape index (κ3) is 3.61. The number of nitriles is 1. The zero-order chi connectivity index (χ0) is 16.8. The zero-order valence-electron chi connectivity index (χ0n) is 13.2. The molecule has 0 atom stereocenters. The quantitative estimate of drug-likeness (QED) is 0.669. The van der Waals surface area contributed by atoms with Crippen LogP contribution in [0.3, 0.4) is 0 Å². The largest absolute Gasteiger partial charge is 0.362 e. The maximum atomic E-state index is 14.0. The SMILES string of the molecule is N#Cc1c(F)cccc1N(Cc1ccccc1)Cc1ccccc1. The van der Waals surface area contributed by atoms with Crippen molar-refractivity contribution in [1.29, 1.82) is 5.26 Å². The zero-order valence-corrected chi connectivity index (χ0v) is 13.2. The van der Waals surface area contributed by atoms with Crippen LogP contribution >= 0.6 is 0 Å². The van der Waals surface area contributed by atoms with Gasteiger partial charge in [-0.25, -0.2) is 4.39 Å². The summed E-state index contributed by atoms with van der Waals surface area (Å²) in [5.41, 5.74) is 2.93. The number of rotatable bonds is 5. The fraction of sp³-hybridized carbons (Fsp3) is 0.0952. The van der Waals surface area contributed by atoms with Crippen LogP contribution in [0, 0.1) is 17.1 Å². The van der Waals surface area contributed by atoms with Gasteiger partial charge in [-0.05, 0) is 23.3 Å². The van der Waals surface area contributed by atoms with Gasteiger partial charge in [0.25, 0.3) is 0 Å². The minimum atomic E-state index is -0.485. The molecule has 0 saturated carbocycles. The predicted molar refractivity (Wildman–Crippen MR) is 93.9 cm³/mol. The molecule has 0 amide bonds. The summed E-state index contributed by atoms with van der Waals surface area (Å²) < 4.78 is 14.0. The summed E-state index contributed by atoms with van der Waals surface area (Å²) in [4.78, 5) is 2.03. The van der Waals surface area contributed by atoms with Crippen molar-refractivity contribution >= 4 is 5.69 Å². The number of hydrogen-bond donors (Lipinski definition) is 0. The molecule has 0 aliphatic heterocycles. The van der Waals surface area contributed by atoms with Crippen molar-refractivity contribution in [2.75, 3.05) is 4.90 Å². The Morgan fingerprint density at radius 2 is 1.29 bits per heavy atom. The molecule has 24 heavy (non-hydrogen) atoms. The van der Waals surface area contributed by atoms with E-state index in [4.69, 9.17) is 0 Å². The van der Waals surface area contributed by atoms with E-state index in [-0.39, 0.29) is 5.56 Å². The van der Waals surface area contributed by atoms with Gasteiger partial charge in [0.15, 0.2) is 0 Å². The van der Waals surface area contributed by atoms with E-state index in [9.17, 15) is 9.65 Å². The lowest BCUT2D eigenvalue weighted by Crippen LogP contribution is -2.23. The van der Waals surface area contributed by atoms with Crippen LogP contribution in [-0.2, 0) is 13.1 Å². The Kier molecular flexibility index (Phi) is 4.88. The summed E-state index contributed by atoms with van der Waals surface area (Å²) in [5.74, 6) is -0.485. The predicted octanol–water partition coefficient (Wildman–Crippen LogP) is 4.90. The summed E-state index contributed by atoms with van der Waals surface area (Å²) in [6.07, 6.45) is 0. The molecule has 3 heteroatoms. The van der Waals surface area contributed by atoms with Gasteiger partial charge in [-0.3, -0.25) is 0 Å². The van der Waals surface area contributed by atoms with Crippen LogP contribution in [0.4, 0.5) is 10.1 Å². The van der Waals surface area contributed by atoms with Gasteiger partial charge < -0.3 is 4.90 Å². The number of benzene rings is 3. The van der Waals surface area contributed by atoms with Gasteiger partial charge in [-0.1, -0.05) is 66.7 Å². The second-order valence-electron chi connectivity index (χ2n) is 5.57. The molecule has 0 saturated heterocycles. The molecule has 0 aliphatic carbocycles. The van der Waals surface area contributed by atoms with E-state index in [1.807, 2.05) is 71.6 Å². The van der Waals surface area contributed by atoms with E-state index < -0.39 is 5.82 Å². The van der Waals surface area contributed by atoms with Crippen LogP contribution in [-0.4, -0.2) is 0 Å². The molecule has 118 valence electrons. The first-order chi connectivity index (χ1) is 11.8. The lowest BCUT2D eigenvalue weighted by molar-refractivity contribution is 0.622. The van der Waals surface area contributed by atoms with Gasteiger partial charge in [0.05, 0.1) is 5.69 Å². The number of nitrogens with zero attached hydrogens (tertiary/aromatic N) is 2. The highest BCUT2D eigenvalue weighted by Gasteiger charge is 2.15. The Morgan fingerprint density at radius 3 is 1.79 bits per heavy atom. The standard InChI is InChI=1S/C21H17FN2/c22-20-12-7-13-21(19(20)14-23)24(15-17-8-3-1-4-9-17)16-18-10-5-2-6-11-18/h1-13H,15-16H2. The van der Waals surface area contributed by atoms with E-state index in [0.717, 1.165) is 11.1 Å². The van der Waals surface area contributed by atoms with Gasteiger partial charge in [0.2, 0.25) is 0 Å². The molecule has 3 aromatic rings. The first kappa shape index (κ1) is 15.8. The van der Waals surface area contributed by atoms with Gasteiger partial charge in [-0.15, -0.1) is 0 Å². The molecular weight excluding hydrogens is 299 g/mol. The van der Waals surface area contributed by atoms with Crippen molar-refractivity contribution in [3.05, 3.63) is 101 Å². The van der Waals surface area contributed by atoms with Crippen LogP contribution in [0.5, 0.6) is 0 Å². The maximum absolute atomic E-state index is 14.0. The van der Waals surface area contributed by atoms with Gasteiger partial charge >= 0.3 is 0 Å². The molecule has 0 radical (unpaired) electrons. The summed E-state index contributed by atoms with van der Waals surface area (Å²) >= 11 is 0. The normalized spacial score (nSPS) is 10.2. The van der Waals surface area contributed by atoms with Crippen LogP contribution in [0.2, 0.25) is 0 Å². The molecule has 0 spiro atoms. The number of halogens is 1. The van der Waals surface area contributed by atoms with Crippen LogP contribution < -0.4 is 4.90 Å². The molecule has 0 aromatic heterocycles. The van der Waals surface area contributed by atoms with Crippen LogP contribution in [0.1, 0.15) is 16.7 Å². The molecule has 2 nitrogen and oxygen atoms in total. The Labute approximate surface area is 141 Å². The van der Waals surface area contributed by atoms with E-state index in [1.54, 1.807) is 12.1 Å². The monoisotopic (exact) mass is 316 g/mol. The van der Waals surface area contributed by atoms with Crippen molar-refractivity contribution in [1.82, 2.24) is 0 Å². The fourth-order valence-corrected chi connectivity index (χ4v) is 2.72. The number of anilines is 1. The van der Waals surface area contributed by atoms with Crippen molar-refractivity contribution in [2.24, 2.45) is 0 Å². The first-order valence-electron chi connectivity index (χ1n) is 7.79. The molecule has 0 unspecified atom stereocenters. The van der Waals surface area contributed by atoms with E-state index in [0.29, 0.717) is 18.8 Å². The molecule has 0 N–H and O–H groups in total. The summed E-state index contributed by atoms with van der Waals surface area (Å²) in [6.45, 7) is 1.21. The topological polar surface area (TPSA) is 27.0 Å². The second kappa shape index (κ2) is 7.43. The van der Waals surface area contributed by atoms with Crippen molar-refractivity contribution in [2.45, 2.75) is 13.1 Å². The molecule has 3 aromatic carbocycles. The molecular formula is C21H17FN2. The fourth-order valence-electron chi connectivity index (χ4n) is 2.72. The summed E-state index contributed by atoms with van der Waals surface area (Å²) in [6, 6.07) is 26.7. The molecule has 0 bridgehead atoms. The maximum Gasteiger partial charge on any atom is 0.143 e. The van der Waals surface area contributed by atoms with Crippen LogP contribution in [0.15, 0.2) is 78.9 Å². The Balaban J connectivity index is 1.99. The lowest BCUT2D eigenvalue weighted by Gasteiger charge is -2.26. The first-order valence-corrected chi connectivity index (χ1v) is 7.79. The highest BCUT2D eigenvalue weighted by Crippen LogP contribution is 2.26. The van der Waals surface area contributed by atoms with Crippen molar-refractivity contribution in [3.63, 3.8) is 0 Å². The Hall–Kier alpha value is -3.12. The third-order valence-electron chi connectivity index (χ3n) is 3.88.